The van der Waals surface area contributed by atoms with Crippen LogP contribution in [0.4, 0.5) is 0 Å². The number of likely N-dealkylation sites (tertiary alicyclic amines) is 1. The van der Waals surface area contributed by atoms with E-state index in [9.17, 15) is 14.7 Å². The van der Waals surface area contributed by atoms with Gasteiger partial charge in [-0.15, -0.1) is 0 Å². The number of hydrogen-bond acceptors (Lipinski definition) is 7. The van der Waals surface area contributed by atoms with Crippen molar-refractivity contribution in [3.8, 4) is 17.2 Å². The van der Waals surface area contributed by atoms with Crippen LogP contribution in [0, 0.1) is 13.8 Å². The summed E-state index contributed by atoms with van der Waals surface area (Å²) < 4.78 is 21.5. The maximum Gasteiger partial charge on any atom is 0.295 e. The fourth-order valence-corrected chi connectivity index (χ4v) is 4.04. The second-order valence-electron chi connectivity index (χ2n) is 7.76. The molecular weight excluding hydrogens is 426 g/mol. The molecule has 1 N–H and O–H groups in total. The van der Waals surface area contributed by atoms with E-state index in [1.807, 2.05) is 26.0 Å². The van der Waals surface area contributed by atoms with Gasteiger partial charge in [0.15, 0.2) is 11.5 Å². The van der Waals surface area contributed by atoms with Gasteiger partial charge in [-0.05, 0) is 43.2 Å². The van der Waals surface area contributed by atoms with Crippen molar-refractivity contribution in [2.24, 2.45) is 0 Å². The number of nitrogens with zero attached hydrogens (tertiary/aromatic N) is 1. The van der Waals surface area contributed by atoms with Gasteiger partial charge in [0, 0.05) is 19.2 Å². The van der Waals surface area contributed by atoms with E-state index < -0.39 is 17.7 Å². The summed E-state index contributed by atoms with van der Waals surface area (Å²) in [6.07, 6.45) is 0. The molecule has 0 aliphatic carbocycles. The number of carbonyl (C=O) groups excluding carboxylic acids is 2. The first-order valence-electron chi connectivity index (χ1n) is 10.4. The van der Waals surface area contributed by atoms with Crippen molar-refractivity contribution in [3.63, 3.8) is 0 Å². The lowest BCUT2D eigenvalue weighted by Gasteiger charge is -2.26. The second kappa shape index (κ2) is 9.95. The normalized spacial score (nSPS) is 17.4. The monoisotopic (exact) mass is 455 g/mol. The molecule has 8 heteroatoms. The molecule has 0 bridgehead atoms. The maximum atomic E-state index is 13.2. The average molecular weight is 456 g/mol. The van der Waals surface area contributed by atoms with Crippen LogP contribution in [0.3, 0.4) is 0 Å². The van der Waals surface area contributed by atoms with Gasteiger partial charge >= 0.3 is 0 Å². The molecule has 33 heavy (non-hydrogen) atoms. The Balaban J connectivity index is 2.30. The summed E-state index contributed by atoms with van der Waals surface area (Å²) in [5.74, 6) is -0.576. The van der Waals surface area contributed by atoms with Crippen LogP contribution in [0.2, 0.25) is 0 Å². The molecule has 1 atom stereocenters. The Kier molecular flexibility index (Phi) is 7.28. The van der Waals surface area contributed by atoms with E-state index in [1.165, 1.54) is 33.3 Å². The zero-order chi connectivity index (χ0) is 24.3. The van der Waals surface area contributed by atoms with Gasteiger partial charge in [0.1, 0.15) is 5.76 Å². The minimum absolute atomic E-state index is 0.000856. The average Bonchev–Trinajstić information content (AvgIpc) is 3.07. The molecule has 0 spiro atoms. The number of hydrogen-bond donors (Lipinski definition) is 1. The maximum absolute atomic E-state index is 13.2. The summed E-state index contributed by atoms with van der Waals surface area (Å²) in [7, 11) is 5.98. The molecular formula is C25H29NO7. The van der Waals surface area contributed by atoms with Crippen LogP contribution in [0.25, 0.3) is 5.76 Å². The van der Waals surface area contributed by atoms with Gasteiger partial charge in [0.05, 0.1) is 39.6 Å². The molecule has 176 valence electrons. The molecule has 1 heterocycles. The predicted octanol–water partition coefficient (Wildman–Crippen LogP) is 3.40. The quantitative estimate of drug-likeness (QED) is 0.370. The van der Waals surface area contributed by atoms with Crippen LogP contribution in [0.15, 0.2) is 35.9 Å². The molecule has 1 fully saturated rings. The van der Waals surface area contributed by atoms with Crippen molar-refractivity contribution >= 4 is 17.4 Å². The number of amides is 1. The van der Waals surface area contributed by atoms with Crippen LogP contribution in [-0.4, -0.2) is 63.3 Å². The van der Waals surface area contributed by atoms with Gasteiger partial charge in [-0.1, -0.05) is 17.7 Å². The number of benzene rings is 2. The molecule has 8 nitrogen and oxygen atoms in total. The highest BCUT2D eigenvalue weighted by Gasteiger charge is 2.46. The summed E-state index contributed by atoms with van der Waals surface area (Å²) in [6, 6.07) is 8.05. The van der Waals surface area contributed by atoms with Crippen molar-refractivity contribution < 1.29 is 33.6 Å². The van der Waals surface area contributed by atoms with Crippen LogP contribution in [0.5, 0.6) is 17.2 Å². The molecule has 1 aliphatic heterocycles. The molecule has 2 aromatic carbocycles. The molecule has 1 aliphatic rings. The topological polar surface area (TPSA) is 94.5 Å². The molecule has 0 radical (unpaired) electrons. The van der Waals surface area contributed by atoms with Crippen molar-refractivity contribution in [1.29, 1.82) is 0 Å². The minimum Gasteiger partial charge on any atom is -0.507 e. The van der Waals surface area contributed by atoms with Crippen LogP contribution >= 0.6 is 0 Å². The zero-order valence-electron chi connectivity index (χ0n) is 19.7. The third kappa shape index (κ3) is 4.39. The summed E-state index contributed by atoms with van der Waals surface area (Å²) in [6.45, 7) is 4.11. The van der Waals surface area contributed by atoms with E-state index in [0.717, 1.165) is 11.1 Å². The Morgan fingerprint density at radius 2 is 1.61 bits per heavy atom. The first-order valence-corrected chi connectivity index (χ1v) is 10.4. The number of aliphatic hydroxyl groups is 1. The van der Waals surface area contributed by atoms with Crippen molar-refractivity contribution in [1.82, 2.24) is 4.90 Å². The highest BCUT2D eigenvalue weighted by atomic mass is 16.5. The van der Waals surface area contributed by atoms with Gasteiger partial charge in [-0.3, -0.25) is 9.59 Å². The SMILES string of the molecule is COCCN1C(=O)C(=O)C(=C(O)c2cc(C)ccc2C)C1c1cc(OC)c(OC)c(OC)c1. The third-order valence-corrected chi connectivity index (χ3v) is 5.73. The van der Waals surface area contributed by atoms with Gasteiger partial charge in [-0.25, -0.2) is 0 Å². The van der Waals surface area contributed by atoms with Gasteiger partial charge in [-0.2, -0.15) is 0 Å². The largest absolute Gasteiger partial charge is 0.507 e. The molecule has 1 amide bonds. The molecule has 0 saturated carbocycles. The Hall–Kier alpha value is -3.52. The van der Waals surface area contributed by atoms with E-state index in [1.54, 1.807) is 18.2 Å². The van der Waals surface area contributed by atoms with Crippen LogP contribution in [0.1, 0.15) is 28.3 Å². The Bertz CT molecular complexity index is 1080. The first kappa shape index (κ1) is 24.1. The number of aryl methyl sites for hydroxylation is 2. The molecule has 2 aromatic rings. The van der Waals surface area contributed by atoms with Crippen molar-refractivity contribution in [2.75, 3.05) is 41.6 Å². The number of aliphatic hydroxyl groups excluding tert-OH is 1. The summed E-state index contributed by atoms with van der Waals surface area (Å²) in [5.41, 5.74) is 2.73. The first-order chi connectivity index (χ1) is 15.8. The van der Waals surface area contributed by atoms with Crippen molar-refractivity contribution in [3.05, 3.63) is 58.2 Å². The standard InChI is InChI=1S/C25H29NO7/c1-14-7-8-15(2)17(11-14)22(27)20-21(26(9-10-30-3)25(29)23(20)28)16-12-18(31-4)24(33-6)19(13-16)32-5/h7-8,11-13,21,27H,9-10H2,1-6H3. The zero-order valence-corrected chi connectivity index (χ0v) is 19.7. The Morgan fingerprint density at radius 1 is 0.970 bits per heavy atom. The lowest BCUT2D eigenvalue weighted by Crippen LogP contribution is -2.32. The van der Waals surface area contributed by atoms with E-state index in [4.69, 9.17) is 18.9 Å². The fourth-order valence-electron chi connectivity index (χ4n) is 4.04. The van der Waals surface area contributed by atoms with Crippen molar-refractivity contribution in [2.45, 2.75) is 19.9 Å². The Morgan fingerprint density at radius 3 is 2.15 bits per heavy atom. The highest BCUT2D eigenvalue weighted by Crippen LogP contribution is 2.45. The third-order valence-electron chi connectivity index (χ3n) is 5.73. The van der Waals surface area contributed by atoms with Gasteiger partial charge in [0.2, 0.25) is 5.75 Å². The molecule has 0 aromatic heterocycles. The molecule has 1 saturated heterocycles. The van der Waals surface area contributed by atoms with E-state index in [2.05, 4.69) is 0 Å². The number of Topliss-reactive ketones (excluding diaryl/α,β-unsaturated/α-hetero) is 1. The Labute approximate surface area is 193 Å². The lowest BCUT2D eigenvalue weighted by molar-refractivity contribution is -0.140. The molecule has 3 rings (SSSR count). The van der Waals surface area contributed by atoms with Crippen LogP contribution < -0.4 is 14.2 Å². The summed E-state index contributed by atoms with van der Waals surface area (Å²) in [4.78, 5) is 27.6. The molecule has 1 unspecified atom stereocenters. The number of ketones is 1. The summed E-state index contributed by atoms with van der Waals surface area (Å²) in [5, 5.41) is 11.3. The van der Waals surface area contributed by atoms with E-state index in [-0.39, 0.29) is 24.5 Å². The predicted molar refractivity (Wildman–Crippen MR) is 123 cm³/mol. The minimum atomic E-state index is -0.867. The van der Waals surface area contributed by atoms with Gasteiger partial charge < -0.3 is 29.0 Å². The van der Waals surface area contributed by atoms with E-state index >= 15 is 0 Å². The highest BCUT2D eigenvalue weighted by molar-refractivity contribution is 6.46. The number of carbonyl (C=O) groups is 2. The summed E-state index contributed by atoms with van der Waals surface area (Å²) >= 11 is 0. The second-order valence-corrected chi connectivity index (χ2v) is 7.76. The van der Waals surface area contributed by atoms with E-state index in [0.29, 0.717) is 28.4 Å². The smallest absolute Gasteiger partial charge is 0.295 e. The number of rotatable bonds is 8. The number of ether oxygens (including phenoxy) is 4. The fraction of sp³-hybridized carbons (Fsp3) is 0.360. The number of methoxy groups -OCH3 is 4. The van der Waals surface area contributed by atoms with Gasteiger partial charge in [0.25, 0.3) is 11.7 Å². The lowest BCUT2D eigenvalue weighted by atomic mass is 9.93. The van der Waals surface area contributed by atoms with Crippen LogP contribution in [-0.2, 0) is 14.3 Å².